The molecule has 38 heavy (non-hydrogen) atoms. The van der Waals surface area contributed by atoms with Crippen LogP contribution in [-0.2, 0) is 12.0 Å². The van der Waals surface area contributed by atoms with Crippen molar-refractivity contribution < 1.29 is 9.32 Å². The predicted octanol–water partition coefficient (Wildman–Crippen LogP) is 7.13. The zero-order valence-electron chi connectivity index (χ0n) is 22.0. The minimum atomic E-state index is -0.375. The Bertz CT molecular complexity index is 1590. The largest absolute Gasteiger partial charge is 0.359 e. The van der Waals surface area contributed by atoms with Gasteiger partial charge in [0.05, 0.1) is 15.9 Å². The number of carbonyl (C=O) groups excluding carboxylic acids is 1. The Balaban J connectivity index is 1.13. The number of imidazole rings is 1. The third-order valence-corrected chi connectivity index (χ3v) is 7.96. The first-order chi connectivity index (χ1) is 18.3. The highest BCUT2D eigenvalue weighted by Gasteiger charge is 2.20. The zero-order chi connectivity index (χ0) is 26.3. The minimum absolute atomic E-state index is 0.178. The Kier molecular flexibility index (Phi) is 6.41. The monoisotopic (exact) mass is 528 g/mol. The van der Waals surface area contributed by atoms with E-state index in [0.29, 0.717) is 17.3 Å². The number of rotatable bonds is 5. The molecule has 9 heteroatoms. The number of hydrogen-bond donors (Lipinski definition) is 2. The van der Waals surface area contributed by atoms with Crippen LogP contribution >= 0.6 is 11.3 Å². The molecule has 0 radical (unpaired) electrons. The number of amides is 2. The predicted molar refractivity (Wildman–Crippen MR) is 153 cm³/mol. The Morgan fingerprint density at radius 3 is 2.55 bits per heavy atom. The molecule has 196 valence electrons. The van der Waals surface area contributed by atoms with Gasteiger partial charge in [0.15, 0.2) is 10.8 Å². The summed E-state index contributed by atoms with van der Waals surface area (Å²) in [5, 5.41) is 9.48. The van der Waals surface area contributed by atoms with Crippen LogP contribution in [0.15, 0.2) is 59.3 Å². The second-order valence-electron chi connectivity index (χ2n) is 11.0. The number of fused-ring (bicyclic) bond motifs is 3. The maximum atomic E-state index is 12.4. The van der Waals surface area contributed by atoms with Crippen molar-refractivity contribution in [3.05, 3.63) is 66.1 Å². The first-order valence-corrected chi connectivity index (χ1v) is 13.9. The van der Waals surface area contributed by atoms with Gasteiger partial charge in [-0.3, -0.25) is 14.6 Å². The number of anilines is 2. The van der Waals surface area contributed by atoms with Gasteiger partial charge >= 0.3 is 6.03 Å². The van der Waals surface area contributed by atoms with Crippen molar-refractivity contribution in [3.63, 3.8) is 0 Å². The van der Waals surface area contributed by atoms with Gasteiger partial charge in [0.2, 0.25) is 0 Å². The molecular weight excluding hydrogens is 496 g/mol. The standard InChI is InChI=1S/C29H32N6O2S/c1-29(2,3)25-16-26(33-37-25)32-27(36)30-21-10-8-20(9-11-21)22-18-35-23-12-7-19(15-24(23)38-28(35)31-22)17-34-13-5-4-6-14-34/h7-12,15-16,18H,4-6,13-14,17H2,1-3H3,(H2,30,32,33,36). The molecule has 4 heterocycles. The van der Waals surface area contributed by atoms with Crippen LogP contribution in [0.25, 0.3) is 26.4 Å². The fourth-order valence-corrected chi connectivity index (χ4v) is 5.92. The van der Waals surface area contributed by atoms with Crippen molar-refractivity contribution >= 4 is 44.1 Å². The molecule has 0 bridgehead atoms. The molecule has 5 aromatic rings. The highest BCUT2D eigenvalue weighted by atomic mass is 32.1. The molecule has 8 nitrogen and oxygen atoms in total. The summed E-state index contributed by atoms with van der Waals surface area (Å²) in [5.41, 5.74) is 4.96. The van der Waals surface area contributed by atoms with Gasteiger partial charge in [-0.2, -0.15) is 0 Å². The lowest BCUT2D eigenvalue weighted by Crippen LogP contribution is -2.28. The first-order valence-electron chi connectivity index (χ1n) is 13.1. The van der Waals surface area contributed by atoms with Crippen LogP contribution in [0.4, 0.5) is 16.3 Å². The van der Waals surface area contributed by atoms with Gasteiger partial charge in [-0.05, 0) is 55.8 Å². The molecule has 3 aromatic heterocycles. The third kappa shape index (κ3) is 5.16. The van der Waals surface area contributed by atoms with E-state index >= 15 is 0 Å². The summed E-state index contributed by atoms with van der Waals surface area (Å²) < 4.78 is 8.76. The molecule has 0 spiro atoms. The number of thiazole rings is 1. The van der Waals surface area contributed by atoms with Crippen molar-refractivity contribution in [2.75, 3.05) is 23.7 Å². The minimum Gasteiger partial charge on any atom is -0.359 e. The van der Waals surface area contributed by atoms with Gasteiger partial charge in [-0.15, -0.1) is 0 Å². The fourth-order valence-electron chi connectivity index (χ4n) is 4.85. The summed E-state index contributed by atoms with van der Waals surface area (Å²) in [7, 11) is 0. The van der Waals surface area contributed by atoms with Crippen molar-refractivity contribution in [2.45, 2.75) is 52.0 Å². The number of urea groups is 1. The van der Waals surface area contributed by atoms with Crippen LogP contribution in [0.3, 0.4) is 0 Å². The van der Waals surface area contributed by atoms with Crippen LogP contribution in [0, 0.1) is 0 Å². The molecule has 1 aliphatic rings. The molecule has 0 aliphatic carbocycles. The number of aromatic nitrogens is 3. The first kappa shape index (κ1) is 24.6. The van der Waals surface area contributed by atoms with E-state index in [0.717, 1.165) is 22.8 Å². The Hall–Kier alpha value is -3.69. The molecule has 2 N–H and O–H groups in total. The lowest BCUT2D eigenvalue weighted by molar-refractivity contribution is 0.221. The molecule has 6 rings (SSSR count). The summed E-state index contributed by atoms with van der Waals surface area (Å²) in [6.07, 6.45) is 6.06. The molecular formula is C29H32N6O2S. The van der Waals surface area contributed by atoms with Crippen LogP contribution in [-0.4, -0.2) is 38.6 Å². The molecule has 1 saturated heterocycles. The molecule has 0 atom stereocenters. The molecule has 2 aromatic carbocycles. The molecule has 1 fully saturated rings. The van der Waals surface area contributed by atoms with Crippen LogP contribution < -0.4 is 10.6 Å². The summed E-state index contributed by atoms with van der Waals surface area (Å²) in [5.74, 6) is 1.09. The number of hydrogen-bond acceptors (Lipinski definition) is 6. The van der Waals surface area contributed by atoms with Gasteiger partial charge in [-0.1, -0.05) is 61.9 Å². The van der Waals surface area contributed by atoms with Gasteiger partial charge in [0, 0.05) is 35.5 Å². The van der Waals surface area contributed by atoms with E-state index in [1.165, 1.54) is 48.1 Å². The second kappa shape index (κ2) is 9.89. The number of carbonyl (C=O) groups is 1. The Morgan fingerprint density at radius 2 is 1.82 bits per heavy atom. The molecule has 2 amide bonds. The van der Waals surface area contributed by atoms with E-state index < -0.39 is 0 Å². The lowest BCUT2D eigenvalue weighted by atomic mass is 9.93. The van der Waals surface area contributed by atoms with Crippen LogP contribution in [0.5, 0.6) is 0 Å². The number of nitrogens with one attached hydrogen (secondary N) is 2. The normalized spacial score (nSPS) is 14.8. The van der Waals surface area contributed by atoms with Gasteiger partial charge in [0.25, 0.3) is 0 Å². The van der Waals surface area contributed by atoms with E-state index in [1.54, 1.807) is 17.4 Å². The highest BCUT2D eigenvalue weighted by Crippen LogP contribution is 2.31. The SMILES string of the molecule is CC(C)(C)c1cc(NC(=O)Nc2ccc(-c3cn4c(n3)sc3cc(CN5CCCCC5)ccc34)cc2)no1. The van der Waals surface area contributed by atoms with Crippen LogP contribution in [0.2, 0.25) is 0 Å². The van der Waals surface area contributed by atoms with Crippen molar-refractivity contribution in [3.8, 4) is 11.3 Å². The maximum absolute atomic E-state index is 12.4. The van der Waals surface area contributed by atoms with Gasteiger partial charge in [-0.25, -0.2) is 9.78 Å². The summed E-state index contributed by atoms with van der Waals surface area (Å²) in [6, 6.07) is 15.8. The zero-order valence-corrected chi connectivity index (χ0v) is 22.8. The maximum Gasteiger partial charge on any atom is 0.324 e. The molecule has 0 saturated carbocycles. The van der Waals surface area contributed by atoms with Gasteiger partial charge < -0.3 is 9.84 Å². The smallest absolute Gasteiger partial charge is 0.324 e. The average molecular weight is 529 g/mol. The van der Waals surface area contributed by atoms with E-state index in [9.17, 15) is 4.79 Å². The van der Waals surface area contributed by atoms with Crippen molar-refractivity contribution in [1.82, 2.24) is 19.4 Å². The van der Waals surface area contributed by atoms with Crippen molar-refractivity contribution in [2.24, 2.45) is 0 Å². The fraction of sp³-hybridized carbons (Fsp3) is 0.345. The quantitative estimate of drug-likeness (QED) is 0.253. The molecule has 1 aliphatic heterocycles. The summed E-state index contributed by atoms with van der Waals surface area (Å²) in [6.45, 7) is 9.51. The van der Waals surface area contributed by atoms with E-state index in [4.69, 9.17) is 9.51 Å². The lowest BCUT2D eigenvalue weighted by Gasteiger charge is -2.26. The highest BCUT2D eigenvalue weighted by molar-refractivity contribution is 7.23. The number of nitrogens with zero attached hydrogens (tertiary/aromatic N) is 4. The summed E-state index contributed by atoms with van der Waals surface area (Å²) >= 11 is 1.72. The van der Waals surface area contributed by atoms with Crippen LogP contribution in [0.1, 0.15) is 51.4 Å². The number of piperidine rings is 1. The van der Waals surface area contributed by atoms with E-state index in [2.05, 4.69) is 49.5 Å². The second-order valence-corrected chi connectivity index (χ2v) is 12.0. The van der Waals surface area contributed by atoms with Gasteiger partial charge in [0.1, 0.15) is 5.76 Å². The van der Waals surface area contributed by atoms with Crippen molar-refractivity contribution in [1.29, 1.82) is 0 Å². The topological polar surface area (TPSA) is 87.7 Å². The van der Waals surface area contributed by atoms with E-state index in [-0.39, 0.29) is 11.4 Å². The Labute approximate surface area is 225 Å². The Morgan fingerprint density at radius 1 is 1.03 bits per heavy atom. The molecule has 0 unspecified atom stereocenters. The number of likely N-dealkylation sites (tertiary alicyclic amines) is 1. The number of benzene rings is 2. The summed E-state index contributed by atoms with van der Waals surface area (Å²) in [4.78, 5) is 20.8. The third-order valence-electron chi connectivity index (χ3n) is 6.94. The van der Waals surface area contributed by atoms with E-state index in [1.807, 2.05) is 45.0 Å². The average Bonchev–Trinajstić information content (AvgIpc) is 3.60.